The molecule has 2 rings (SSSR count). The number of hydrogen-bond acceptors (Lipinski definition) is 2. The summed E-state index contributed by atoms with van der Waals surface area (Å²) in [5.74, 6) is 0.760. The number of nitrogens with zero attached hydrogens (tertiary/aromatic N) is 1. The minimum atomic E-state index is -0.375. The van der Waals surface area contributed by atoms with E-state index in [4.69, 9.17) is 4.74 Å². The normalized spacial score (nSPS) is 34.0. The van der Waals surface area contributed by atoms with Gasteiger partial charge in [-0.1, -0.05) is 6.92 Å². The van der Waals surface area contributed by atoms with Gasteiger partial charge in [0.2, 0.25) is 0 Å². The molecule has 0 aliphatic carbocycles. The van der Waals surface area contributed by atoms with Crippen LogP contribution in [-0.2, 0) is 4.74 Å². The summed E-state index contributed by atoms with van der Waals surface area (Å²) >= 11 is 0. The molecule has 2 aliphatic heterocycles. The highest BCUT2D eigenvalue weighted by atomic mass is 16.6. The second-order valence-corrected chi connectivity index (χ2v) is 6.35. The molecule has 2 fully saturated rings. The molecule has 0 aromatic carbocycles. The Labute approximate surface area is 98.1 Å². The fourth-order valence-electron chi connectivity index (χ4n) is 3.06. The van der Waals surface area contributed by atoms with Gasteiger partial charge in [0.05, 0.1) is 0 Å². The minimum absolute atomic E-state index is 0.105. The monoisotopic (exact) mass is 225 g/mol. The lowest BCUT2D eigenvalue weighted by atomic mass is 9.93. The Morgan fingerprint density at radius 3 is 2.12 bits per heavy atom. The zero-order chi connectivity index (χ0) is 11.9. The molecule has 3 nitrogen and oxygen atoms in total. The third-order valence-electron chi connectivity index (χ3n) is 3.57. The van der Waals surface area contributed by atoms with Crippen LogP contribution in [0.3, 0.4) is 0 Å². The number of carbonyl (C=O) groups is 1. The van der Waals surface area contributed by atoms with E-state index in [2.05, 4.69) is 6.92 Å². The Morgan fingerprint density at radius 2 is 1.69 bits per heavy atom. The summed E-state index contributed by atoms with van der Waals surface area (Å²) in [6, 6.07) is 0.868. The van der Waals surface area contributed by atoms with Gasteiger partial charge < -0.3 is 9.64 Å². The van der Waals surface area contributed by atoms with Crippen LogP contribution in [0.1, 0.15) is 53.4 Å². The van der Waals surface area contributed by atoms with Crippen molar-refractivity contribution in [2.75, 3.05) is 0 Å². The smallest absolute Gasteiger partial charge is 0.410 e. The van der Waals surface area contributed by atoms with Gasteiger partial charge in [0.1, 0.15) is 5.60 Å². The van der Waals surface area contributed by atoms with Crippen LogP contribution in [0.2, 0.25) is 0 Å². The number of fused-ring (bicyclic) bond motifs is 2. The highest BCUT2D eigenvalue weighted by molar-refractivity contribution is 5.69. The molecule has 2 saturated heterocycles. The fraction of sp³-hybridized carbons (Fsp3) is 0.923. The summed E-state index contributed by atoms with van der Waals surface area (Å²) in [6.45, 7) is 8.08. The Balaban J connectivity index is 2.03. The molecule has 92 valence electrons. The summed E-state index contributed by atoms with van der Waals surface area (Å²) in [5, 5.41) is 0. The van der Waals surface area contributed by atoms with E-state index in [1.165, 1.54) is 0 Å². The van der Waals surface area contributed by atoms with Crippen molar-refractivity contribution in [3.63, 3.8) is 0 Å². The first-order chi connectivity index (χ1) is 7.37. The van der Waals surface area contributed by atoms with Crippen LogP contribution in [0.25, 0.3) is 0 Å². The molecule has 16 heavy (non-hydrogen) atoms. The number of hydrogen-bond donors (Lipinski definition) is 0. The van der Waals surface area contributed by atoms with Crippen LogP contribution in [-0.4, -0.2) is 28.7 Å². The van der Waals surface area contributed by atoms with Crippen LogP contribution < -0.4 is 0 Å². The average Bonchev–Trinajstić information content (AvgIpc) is 2.36. The molecule has 0 aromatic rings. The highest BCUT2D eigenvalue weighted by Crippen LogP contribution is 2.39. The summed E-state index contributed by atoms with van der Waals surface area (Å²) in [4.78, 5) is 14.1. The van der Waals surface area contributed by atoms with Gasteiger partial charge in [-0.3, -0.25) is 0 Å². The summed E-state index contributed by atoms with van der Waals surface area (Å²) in [5.41, 5.74) is -0.375. The van der Waals surface area contributed by atoms with E-state index >= 15 is 0 Å². The quantitative estimate of drug-likeness (QED) is 0.633. The van der Waals surface area contributed by atoms with Crippen LogP contribution in [0.15, 0.2) is 0 Å². The van der Waals surface area contributed by atoms with Crippen molar-refractivity contribution in [1.29, 1.82) is 0 Å². The molecular weight excluding hydrogens is 202 g/mol. The second-order valence-electron chi connectivity index (χ2n) is 6.35. The molecule has 2 bridgehead atoms. The zero-order valence-corrected chi connectivity index (χ0v) is 10.8. The predicted molar refractivity (Wildman–Crippen MR) is 63.3 cm³/mol. The van der Waals surface area contributed by atoms with Crippen LogP contribution >= 0.6 is 0 Å². The number of amides is 1. The Kier molecular flexibility index (Phi) is 2.89. The average molecular weight is 225 g/mol. The lowest BCUT2D eigenvalue weighted by molar-refractivity contribution is 0.00317. The first kappa shape index (κ1) is 11.7. The molecule has 2 aliphatic rings. The van der Waals surface area contributed by atoms with Crippen molar-refractivity contribution in [2.24, 2.45) is 5.92 Å². The van der Waals surface area contributed by atoms with E-state index in [1.807, 2.05) is 25.7 Å². The van der Waals surface area contributed by atoms with E-state index in [-0.39, 0.29) is 11.7 Å². The SMILES string of the molecule is C[C@@H]1CC2CC[C@@H](C1)N2C(=O)OC(C)(C)C. The Morgan fingerprint density at radius 1 is 1.19 bits per heavy atom. The standard InChI is InChI=1S/C13H23NO2/c1-9-7-10-5-6-11(8-9)14(10)12(15)16-13(2,3)4/h9-11H,5-8H2,1-4H3/t9-,10-,11?/m0/s1. The summed E-state index contributed by atoms with van der Waals surface area (Å²) in [6.07, 6.45) is 4.51. The van der Waals surface area contributed by atoms with Gasteiger partial charge in [-0.2, -0.15) is 0 Å². The lowest BCUT2D eigenvalue weighted by Crippen LogP contribution is -2.48. The largest absolute Gasteiger partial charge is 0.444 e. The molecular formula is C13H23NO2. The molecule has 3 heteroatoms. The third-order valence-corrected chi connectivity index (χ3v) is 3.57. The molecule has 2 heterocycles. The number of carbonyl (C=O) groups excluding carboxylic acids is 1. The van der Waals surface area contributed by atoms with Gasteiger partial charge in [-0.05, 0) is 52.4 Å². The van der Waals surface area contributed by atoms with Gasteiger partial charge in [0.15, 0.2) is 0 Å². The van der Waals surface area contributed by atoms with Crippen molar-refractivity contribution < 1.29 is 9.53 Å². The van der Waals surface area contributed by atoms with Crippen molar-refractivity contribution in [2.45, 2.75) is 71.1 Å². The molecule has 1 unspecified atom stereocenters. The van der Waals surface area contributed by atoms with E-state index in [9.17, 15) is 4.79 Å². The van der Waals surface area contributed by atoms with Crippen LogP contribution in [0.5, 0.6) is 0 Å². The van der Waals surface area contributed by atoms with Gasteiger partial charge >= 0.3 is 6.09 Å². The van der Waals surface area contributed by atoms with Crippen LogP contribution in [0.4, 0.5) is 4.79 Å². The molecule has 1 amide bonds. The number of ether oxygens (including phenoxy) is 1. The highest BCUT2D eigenvalue weighted by Gasteiger charge is 2.43. The van der Waals surface area contributed by atoms with E-state index < -0.39 is 0 Å². The maximum atomic E-state index is 12.1. The summed E-state index contributed by atoms with van der Waals surface area (Å²) < 4.78 is 5.48. The van der Waals surface area contributed by atoms with Gasteiger partial charge in [-0.15, -0.1) is 0 Å². The topological polar surface area (TPSA) is 29.5 Å². The van der Waals surface area contributed by atoms with Crippen molar-refractivity contribution >= 4 is 6.09 Å². The first-order valence-corrected chi connectivity index (χ1v) is 6.38. The van der Waals surface area contributed by atoms with Gasteiger partial charge in [0.25, 0.3) is 0 Å². The van der Waals surface area contributed by atoms with Crippen molar-refractivity contribution in [3.05, 3.63) is 0 Å². The fourth-order valence-corrected chi connectivity index (χ4v) is 3.06. The van der Waals surface area contributed by atoms with E-state index in [1.54, 1.807) is 0 Å². The predicted octanol–water partition coefficient (Wildman–Crippen LogP) is 3.18. The molecule has 3 atom stereocenters. The molecule has 0 spiro atoms. The second kappa shape index (κ2) is 3.94. The van der Waals surface area contributed by atoms with Crippen molar-refractivity contribution in [1.82, 2.24) is 4.90 Å². The Bertz CT molecular complexity index is 268. The summed E-state index contributed by atoms with van der Waals surface area (Å²) in [7, 11) is 0. The lowest BCUT2D eigenvalue weighted by Gasteiger charge is -2.38. The first-order valence-electron chi connectivity index (χ1n) is 6.38. The Hall–Kier alpha value is -0.730. The minimum Gasteiger partial charge on any atom is -0.444 e. The third kappa shape index (κ3) is 2.33. The van der Waals surface area contributed by atoms with E-state index in [0.717, 1.165) is 31.6 Å². The molecule has 0 aromatic heterocycles. The van der Waals surface area contributed by atoms with Gasteiger partial charge in [0, 0.05) is 12.1 Å². The zero-order valence-electron chi connectivity index (χ0n) is 10.8. The molecule has 0 saturated carbocycles. The van der Waals surface area contributed by atoms with E-state index in [0.29, 0.717) is 12.1 Å². The van der Waals surface area contributed by atoms with Crippen LogP contribution in [0, 0.1) is 5.92 Å². The molecule has 0 radical (unpaired) electrons. The van der Waals surface area contributed by atoms with Crippen molar-refractivity contribution in [3.8, 4) is 0 Å². The van der Waals surface area contributed by atoms with Gasteiger partial charge in [-0.25, -0.2) is 4.79 Å². The maximum absolute atomic E-state index is 12.1. The number of piperidine rings is 1. The number of rotatable bonds is 0. The maximum Gasteiger partial charge on any atom is 0.410 e. The molecule has 0 N–H and O–H groups in total.